The van der Waals surface area contributed by atoms with Crippen molar-refractivity contribution in [2.75, 3.05) is 33.9 Å². The molecule has 15 heavy (non-hydrogen) atoms. The van der Waals surface area contributed by atoms with Crippen LogP contribution in [0.5, 0.6) is 0 Å². The summed E-state index contributed by atoms with van der Waals surface area (Å²) in [4.78, 5) is 2.50. The van der Waals surface area contributed by atoms with Crippen LogP contribution in [-0.4, -0.2) is 50.8 Å². The first-order valence-electron chi connectivity index (χ1n) is 6.16. The molecule has 1 aliphatic rings. The van der Waals surface area contributed by atoms with E-state index in [0.717, 1.165) is 25.7 Å². The molecule has 1 rings (SSSR count). The molecular formula is C12H26N2O. The van der Waals surface area contributed by atoms with Gasteiger partial charge in [-0.15, -0.1) is 0 Å². The first-order chi connectivity index (χ1) is 7.24. The molecule has 1 aliphatic carbocycles. The van der Waals surface area contributed by atoms with Gasteiger partial charge in [0.25, 0.3) is 0 Å². The standard InChI is InChI=1S/C12H26N2O/c1-11(10-15-3)13-8-9-14(2)12-6-4-5-7-12/h11-13H,4-10H2,1-3H3. The summed E-state index contributed by atoms with van der Waals surface area (Å²) in [5.74, 6) is 0. The third-order valence-corrected chi connectivity index (χ3v) is 3.32. The van der Waals surface area contributed by atoms with Gasteiger partial charge in [0.05, 0.1) is 6.61 Å². The molecule has 0 heterocycles. The summed E-state index contributed by atoms with van der Waals surface area (Å²) < 4.78 is 5.08. The van der Waals surface area contributed by atoms with Crippen molar-refractivity contribution >= 4 is 0 Å². The maximum absolute atomic E-state index is 5.08. The molecule has 0 bridgehead atoms. The second-order valence-electron chi connectivity index (χ2n) is 4.73. The van der Waals surface area contributed by atoms with Crippen molar-refractivity contribution in [2.45, 2.75) is 44.7 Å². The number of nitrogens with one attached hydrogen (secondary N) is 1. The lowest BCUT2D eigenvalue weighted by Crippen LogP contribution is -2.39. The number of likely N-dealkylation sites (N-methyl/N-ethyl adjacent to an activating group) is 1. The van der Waals surface area contributed by atoms with E-state index in [2.05, 4.69) is 24.2 Å². The fraction of sp³-hybridized carbons (Fsp3) is 1.00. The van der Waals surface area contributed by atoms with Gasteiger partial charge in [0.1, 0.15) is 0 Å². The van der Waals surface area contributed by atoms with Gasteiger partial charge in [0.15, 0.2) is 0 Å². The van der Waals surface area contributed by atoms with Crippen molar-refractivity contribution in [3.63, 3.8) is 0 Å². The molecule has 0 amide bonds. The Morgan fingerprint density at radius 2 is 2.07 bits per heavy atom. The third kappa shape index (κ3) is 4.96. The lowest BCUT2D eigenvalue weighted by Gasteiger charge is -2.24. The van der Waals surface area contributed by atoms with Gasteiger partial charge in [-0.05, 0) is 26.8 Å². The Bertz CT molecular complexity index is 158. The SMILES string of the molecule is COCC(C)NCCN(C)C1CCCC1. The number of hydrogen-bond acceptors (Lipinski definition) is 3. The normalized spacial score (nSPS) is 20.0. The second-order valence-corrected chi connectivity index (χ2v) is 4.73. The molecule has 1 fully saturated rings. The van der Waals surface area contributed by atoms with E-state index in [9.17, 15) is 0 Å². The quantitative estimate of drug-likeness (QED) is 0.695. The number of ether oxygens (including phenoxy) is 1. The maximum Gasteiger partial charge on any atom is 0.0613 e. The molecule has 0 aromatic carbocycles. The van der Waals surface area contributed by atoms with Crippen LogP contribution in [-0.2, 0) is 4.74 Å². The molecule has 3 nitrogen and oxygen atoms in total. The van der Waals surface area contributed by atoms with Crippen LogP contribution in [0.1, 0.15) is 32.6 Å². The Morgan fingerprint density at radius 1 is 1.40 bits per heavy atom. The summed E-state index contributed by atoms with van der Waals surface area (Å²) in [7, 11) is 4.00. The largest absolute Gasteiger partial charge is 0.383 e. The van der Waals surface area contributed by atoms with Gasteiger partial charge < -0.3 is 15.0 Å². The molecule has 1 saturated carbocycles. The first kappa shape index (κ1) is 12.9. The summed E-state index contributed by atoms with van der Waals surface area (Å²) in [6, 6.07) is 1.30. The summed E-state index contributed by atoms with van der Waals surface area (Å²) in [5, 5.41) is 3.47. The summed E-state index contributed by atoms with van der Waals surface area (Å²) in [6.07, 6.45) is 5.62. The van der Waals surface area contributed by atoms with Crippen molar-refractivity contribution in [3.05, 3.63) is 0 Å². The summed E-state index contributed by atoms with van der Waals surface area (Å²) in [6.45, 7) is 5.18. The van der Waals surface area contributed by atoms with E-state index in [0.29, 0.717) is 6.04 Å². The highest BCUT2D eigenvalue weighted by atomic mass is 16.5. The van der Waals surface area contributed by atoms with Crippen molar-refractivity contribution in [1.29, 1.82) is 0 Å². The highest BCUT2D eigenvalue weighted by Crippen LogP contribution is 2.21. The van der Waals surface area contributed by atoms with Gasteiger partial charge in [0.2, 0.25) is 0 Å². The van der Waals surface area contributed by atoms with E-state index in [1.807, 2.05) is 0 Å². The molecule has 0 aromatic rings. The average molecular weight is 214 g/mol. The van der Waals surface area contributed by atoms with Gasteiger partial charge in [0, 0.05) is 32.3 Å². The number of nitrogens with zero attached hydrogens (tertiary/aromatic N) is 1. The van der Waals surface area contributed by atoms with Crippen LogP contribution < -0.4 is 5.32 Å². The Morgan fingerprint density at radius 3 is 2.67 bits per heavy atom. The van der Waals surface area contributed by atoms with Gasteiger partial charge in [-0.1, -0.05) is 12.8 Å². The number of methoxy groups -OCH3 is 1. The van der Waals surface area contributed by atoms with E-state index in [1.165, 1.54) is 25.7 Å². The molecule has 0 aromatic heterocycles. The molecule has 0 saturated heterocycles. The van der Waals surface area contributed by atoms with Gasteiger partial charge in [-0.25, -0.2) is 0 Å². The molecule has 1 N–H and O–H groups in total. The topological polar surface area (TPSA) is 24.5 Å². The van der Waals surface area contributed by atoms with Crippen LogP contribution in [0, 0.1) is 0 Å². The van der Waals surface area contributed by atoms with E-state index in [1.54, 1.807) is 7.11 Å². The Labute approximate surface area is 94.2 Å². The molecule has 0 aliphatic heterocycles. The van der Waals surface area contributed by atoms with Crippen molar-refractivity contribution < 1.29 is 4.74 Å². The maximum atomic E-state index is 5.08. The van der Waals surface area contributed by atoms with Crippen molar-refractivity contribution in [2.24, 2.45) is 0 Å². The van der Waals surface area contributed by atoms with E-state index < -0.39 is 0 Å². The Balaban J connectivity index is 2.03. The summed E-state index contributed by atoms with van der Waals surface area (Å²) >= 11 is 0. The van der Waals surface area contributed by atoms with Crippen molar-refractivity contribution in [1.82, 2.24) is 10.2 Å². The fourth-order valence-corrected chi connectivity index (χ4v) is 2.32. The fourth-order valence-electron chi connectivity index (χ4n) is 2.32. The minimum Gasteiger partial charge on any atom is -0.383 e. The smallest absolute Gasteiger partial charge is 0.0613 e. The van der Waals surface area contributed by atoms with E-state index in [-0.39, 0.29) is 0 Å². The first-order valence-corrected chi connectivity index (χ1v) is 6.16. The minimum absolute atomic E-state index is 0.465. The predicted octanol–water partition coefficient (Wildman–Crippen LogP) is 1.49. The highest BCUT2D eigenvalue weighted by Gasteiger charge is 2.18. The lowest BCUT2D eigenvalue weighted by molar-refractivity contribution is 0.168. The monoisotopic (exact) mass is 214 g/mol. The molecule has 90 valence electrons. The zero-order valence-corrected chi connectivity index (χ0v) is 10.5. The van der Waals surface area contributed by atoms with E-state index in [4.69, 9.17) is 4.74 Å². The molecular weight excluding hydrogens is 188 g/mol. The van der Waals surface area contributed by atoms with Crippen molar-refractivity contribution in [3.8, 4) is 0 Å². The number of hydrogen-bond donors (Lipinski definition) is 1. The average Bonchev–Trinajstić information content (AvgIpc) is 2.70. The van der Waals surface area contributed by atoms with Crippen LogP contribution in [0.2, 0.25) is 0 Å². The summed E-state index contributed by atoms with van der Waals surface area (Å²) in [5.41, 5.74) is 0. The third-order valence-electron chi connectivity index (χ3n) is 3.32. The predicted molar refractivity (Wildman–Crippen MR) is 64.2 cm³/mol. The van der Waals surface area contributed by atoms with Crippen LogP contribution in [0.25, 0.3) is 0 Å². The molecule has 1 unspecified atom stereocenters. The lowest BCUT2D eigenvalue weighted by atomic mass is 10.2. The van der Waals surface area contributed by atoms with Crippen LogP contribution in [0.3, 0.4) is 0 Å². The van der Waals surface area contributed by atoms with Gasteiger partial charge in [-0.3, -0.25) is 0 Å². The molecule has 1 atom stereocenters. The molecule has 0 spiro atoms. The molecule has 0 radical (unpaired) electrons. The number of rotatable bonds is 7. The minimum atomic E-state index is 0.465. The van der Waals surface area contributed by atoms with Crippen LogP contribution >= 0.6 is 0 Å². The Hall–Kier alpha value is -0.120. The van der Waals surface area contributed by atoms with Crippen LogP contribution in [0.15, 0.2) is 0 Å². The Kier molecular flexibility index (Phi) is 6.22. The van der Waals surface area contributed by atoms with Crippen LogP contribution in [0.4, 0.5) is 0 Å². The van der Waals surface area contributed by atoms with Gasteiger partial charge >= 0.3 is 0 Å². The van der Waals surface area contributed by atoms with Gasteiger partial charge in [-0.2, -0.15) is 0 Å². The molecule has 3 heteroatoms. The second kappa shape index (κ2) is 7.20. The van der Waals surface area contributed by atoms with E-state index >= 15 is 0 Å². The zero-order valence-electron chi connectivity index (χ0n) is 10.5. The zero-order chi connectivity index (χ0) is 11.1. The highest BCUT2D eigenvalue weighted by molar-refractivity contribution is 4.75.